The van der Waals surface area contributed by atoms with E-state index in [9.17, 15) is 0 Å². The normalized spacial score (nSPS) is 15.0. The number of ether oxygens (including phenoxy) is 1. The maximum atomic E-state index is 5.02. The summed E-state index contributed by atoms with van der Waals surface area (Å²) in [6.07, 6.45) is 0. The van der Waals surface area contributed by atoms with E-state index in [1.165, 1.54) is 0 Å². The molecule has 2 heteroatoms. The maximum absolute atomic E-state index is 5.02. The van der Waals surface area contributed by atoms with Gasteiger partial charge in [-0.25, -0.2) is 0 Å². The number of nitrogens with one attached hydrogen (secondary N) is 1. The molecule has 2 nitrogen and oxygen atoms in total. The van der Waals surface area contributed by atoms with Crippen molar-refractivity contribution in [1.29, 1.82) is 0 Å². The Labute approximate surface area is 83.1 Å². The average molecular weight is 187 g/mol. The molecule has 1 unspecified atom stereocenters. The van der Waals surface area contributed by atoms with Gasteiger partial charge in [-0.1, -0.05) is 34.6 Å². The minimum atomic E-state index is 0.321. The van der Waals surface area contributed by atoms with E-state index < -0.39 is 0 Å². The van der Waals surface area contributed by atoms with Crippen LogP contribution >= 0.6 is 0 Å². The number of rotatable bonds is 5. The molecular weight excluding hydrogens is 162 g/mol. The van der Waals surface area contributed by atoms with Crippen molar-refractivity contribution in [3.05, 3.63) is 0 Å². The van der Waals surface area contributed by atoms with Crippen molar-refractivity contribution in [1.82, 2.24) is 5.32 Å². The number of methoxy groups -OCH3 is 1. The maximum Gasteiger partial charge on any atom is 0.0587 e. The Morgan fingerprint density at radius 3 is 2.08 bits per heavy atom. The Morgan fingerprint density at radius 1 is 1.23 bits per heavy atom. The van der Waals surface area contributed by atoms with Crippen molar-refractivity contribution in [2.45, 2.75) is 40.7 Å². The first-order valence-electron chi connectivity index (χ1n) is 5.12. The third-order valence-electron chi connectivity index (χ3n) is 2.27. The standard InChI is InChI=1S/C11H25NO/c1-9(2)10(11(3,4)5)12-7-8-13-6/h9-10,12H,7-8H2,1-6H3. The Morgan fingerprint density at radius 2 is 1.77 bits per heavy atom. The lowest BCUT2D eigenvalue weighted by Crippen LogP contribution is -2.45. The Bertz CT molecular complexity index is 127. The average Bonchev–Trinajstić information content (AvgIpc) is 1.94. The molecule has 0 heterocycles. The van der Waals surface area contributed by atoms with E-state index in [4.69, 9.17) is 4.74 Å². The molecule has 80 valence electrons. The zero-order valence-corrected chi connectivity index (χ0v) is 9.98. The highest BCUT2D eigenvalue weighted by Gasteiger charge is 2.26. The lowest BCUT2D eigenvalue weighted by molar-refractivity contribution is 0.164. The summed E-state index contributed by atoms with van der Waals surface area (Å²) >= 11 is 0. The molecule has 1 atom stereocenters. The largest absolute Gasteiger partial charge is 0.383 e. The molecule has 0 fully saturated rings. The Balaban J connectivity index is 3.97. The van der Waals surface area contributed by atoms with Crippen molar-refractivity contribution in [3.8, 4) is 0 Å². The predicted molar refractivity (Wildman–Crippen MR) is 58.0 cm³/mol. The van der Waals surface area contributed by atoms with E-state index in [-0.39, 0.29) is 0 Å². The van der Waals surface area contributed by atoms with Gasteiger partial charge in [0.1, 0.15) is 0 Å². The molecule has 0 saturated heterocycles. The number of hydrogen-bond donors (Lipinski definition) is 1. The smallest absolute Gasteiger partial charge is 0.0587 e. The molecule has 0 saturated carbocycles. The van der Waals surface area contributed by atoms with Crippen LogP contribution in [0.1, 0.15) is 34.6 Å². The molecule has 0 aromatic rings. The molecule has 0 bridgehead atoms. The first-order valence-corrected chi connectivity index (χ1v) is 5.12. The molecule has 0 radical (unpaired) electrons. The molecule has 1 N–H and O–H groups in total. The van der Waals surface area contributed by atoms with Gasteiger partial charge in [0, 0.05) is 19.7 Å². The van der Waals surface area contributed by atoms with E-state index in [2.05, 4.69) is 39.9 Å². The van der Waals surface area contributed by atoms with Gasteiger partial charge in [0.05, 0.1) is 6.61 Å². The monoisotopic (exact) mass is 187 g/mol. The highest BCUT2D eigenvalue weighted by atomic mass is 16.5. The van der Waals surface area contributed by atoms with Crippen molar-refractivity contribution in [2.75, 3.05) is 20.3 Å². The molecule has 0 amide bonds. The molecule has 13 heavy (non-hydrogen) atoms. The first kappa shape index (κ1) is 12.9. The summed E-state index contributed by atoms with van der Waals surface area (Å²) in [5, 5.41) is 3.54. The van der Waals surface area contributed by atoms with Gasteiger partial charge in [-0.15, -0.1) is 0 Å². The van der Waals surface area contributed by atoms with Crippen LogP contribution < -0.4 is 5.32 Å². The minimum absolute atomic E-state index is 0.321. The van der Waals surface area contributed by atoms with E-state index in [0.29, 0.717) is 17.4 Å². The Hall–Kier alpha value is -0.0800. The van der Waals surface area contributed by atoms with Gasteiger partial charge < -0.3 is 10.1 Å². The van der Waals surface area contributed by atoms with Crippen LogP contribution in [0, 0.1) is 11.3 Å². The molecule has 0 aromatic carbocycles. The zero-order chi connectivity index (χ0) is 10.5. The summed E-state index contributed by atoms with van der Waals surface area (Å²) in [7, 11) is 1.74. The second-order valence-corrected chi connectivity index (χ2v) is 5.03. The summed E-state index contributed by atoms with van der Waals surface area (Å²) < 4.78 is 5.02. The molecule has 0 aliphatic carbocycles. The van der Waals surface area contributed by atoms with Crippen molar-refractivity contribution in [2.24, 2.45) is 11.3 Å². The molecule has 0 spiro atoms. The van der Waals surface area contributed by atoms with Gasteiger partial charge in [-0.2, -0.15) is 0 Å². The topological polar surface area (TPSA) is 21.3 Å². The van der Waals surface area contributed by atoms with E-state index >= 15 is 0 Å². The third kappa shape index (κ3) is 5.27. The van der Waals surface area contributed by atoms with Gasteiger partial charge >= 0.3 is 0 Å². The van der Waals surface area contributed by atoms with E-state index in [1.54, 1.807) is 7.11 Å². The minimum Gasteiger partial charge on any atom is -0.383 e. The predicted octanol–water partition coefficient (Wildman–Crippen LogP) is 2.29. The van der Waals surface area contributed by atoms with Crippen LogP contribution in [0.5, 0.6) is 0 Å². The quantitative estimate of drug-likeness (QED) is 0.667. The van der Waals surface area contributed by atoms with Gasteiger partial charge in [-0.3, -0.25) is 0 Å². The van der Waals surface area contributed by atoms with Crippen molar-refractivity contribution < 1.29 is 4.74 Å². The zero-order valence-electron chi connectivity index (χ0n) is 9.98. The fourth-order valence-corrected chi connectivity index (χ4v) is 1.86. The van der Waals surface area contributed by atoms with Crippen LogP contribution in [0.25, 0.3) is 0 Å². The van der Waals surface area contributed by atoms with Gasteiger partial charge in [0.2, 0.25) is 0 Å². The summed E-state index contributed by atoms with van der Waals surface area (Å²) in [6, 6.07) is 0.558. The second kappa shape index (κ2) is 5.61. The van der Waals surface area contributed by atoms with Crippen LogP contribution in [-0.4, -0.2) is 26.3 Å². The van der Waals surface area contributed by atoms with Crippen LogP contribution in [0.2, 0.25) is 0 Å². The highest BCUT2D eigenvalue weighted by Crippen LogP contribution is 2.24. The SMILES string of the molecule is COCCNC(C(C)C)C(C)(C)C. The van der Waals surface area contributed by atoms with Gasteiger partial charge in [-0.05, 0) is 11.3 Å². The first-order chi connectivity index (χ1) is 5.89. The van der Waals surface area contributed by atoms with Crippen LogP contribution in [0.3, 0.4) is 0 Å². The van der Waals surface area contributed by atoms with Gasteiger partial charge in [0.25, 0.3) is 0 Å². The van der Waals surface area contributed by atoms with E-state index in [0.717, 1.165) is 13.2 Å². The van der Waals surface area contributed by atoms with Crippen molar-refractivity contribution >= 4 is 0 Å². The fourth-order valence-electron chi connectivity index (χ4n) is 1.86. The van der Waals surface area contributed by atoms with Gasteiger partial charge in [0.15, 0.2) is 0 Å². The second-order valence-electron chi connectivity index (χ2n) is 5.03. The summed E-state index contributed by atoms with van der Waals surface area (Å²) in [5.41, 5.74) is 0.321. The van der Waals surface area contributed by atoms with Crippen LogP contribution in [0.15, 0.2) is 0 Å². The molecule has 0 aliphatic rings. The summed E-state index contributed by atoms with van der Waals surface area (Å²) in [6.45, 7) is 13.1. The lowest BCUT2D eigenvalue weighted by Gasteiger charge is -2.34. The van der Waals surface area contributed by atoms with Crippen LogP contribution in [-0.2, 0) is 4.74 Å². The summed E-state index contributed by atoms with van der Waals surface area (Å²) in [5.74, 6) is 0.664. The van der Waals surface area contributed by atoms with Crippen molar-refractivity contribution in [3.63, 3.8) is 0 Å². The Kier molecular flexibility index (Phi) is 5.57. The number of hydrogen-bond acceptors (Lipinski definition) is 2. The fraction of sp³-hybridized carbons (Fsp3) is 1.00. The van der Waals surface area contributed by atoms with Crippen LogP contribution in [0.4, 0.5) is 0 Å². The molecule has 0 aliphatic heterocycles. The lowest BCUT2D eigenvalue weighted by atomic mass is 9.80. The van der Waals surface area contributed by atoms with E-state index in [1.807, 2.05) is 0 Å². The molecule has 0 rings (SSSR count). The molecule has 0 aromatic heterocycles. The third-order valence-corrected chi connectivity index (χ3v) is 2.27. The highest BCUT2D eigenvalue weighted by molar-refractivity contribution is 4.82. The molecular formula is C11H25NO. The summed E-state index contributed by atoms with van der Waals surface area (Å²) in [4.78, 5) is 0.